The molecule has 0 N–H and O–H groups in total. The summed E-state index contributed by atoms with van der Waals surface area (Å²) in [6.45, 7) is 5.55. The molecule has 0 spiro atoms. The molecule has 0 saturated heterocycles. The van der Waals surface area contributed by atoms with Crippen LogP contribution in [0, 0.1) is 6.92 Å². The first-order chi connectivity index (χ1) is 8.20. The van der Waals surface area contributed by atoms with E-state index in [1.165, 1.54) is 0 Å². The largest absolute Gasteiger partial charge is 0.485 e. The number of imidazole rings is 1. The summed E-state index contributed by atoms with van der Waals surface area (Å²) in [4.78, 5) is 4.28. The van der Waals surface area contributed by atoms with Crippen molar-refractivity contribution in [3.8, 4) is 5.75 Å². The van der Waals surface area contributed by atoms with Crippen molar-refractivity contribution < 1.29 is 4.74 Å². The van der Waals surface area contributed by atoms with Gasteiger partial charge >= 0.3 is 0 Å². The Morgan fingerprint density at radius 2 is 2.24 bits per heavy atom. The Bertz CT molecular complexity index is 508. The van der Waals surface area contributed by atoms with Crippen LogP contribution in [-0.2, 0) is 13.2 Å². The summed E-state index contributed by atoms with van der Waals surface area (Å²) in [6, 6.07) is 5.99. The van der Waals surface area contributed by atoms with Crippen molar-refractivity contribution in [3.05, 3.63) is 46.5 Å². The van der Waals surface area contributed by atoms with Crippen LogP contribution >= 0.6 is 15.9 Å². The number of rotatable bonds is 4. The third-order valence-electron chi connectivity index (χ3n) is 2.64. The number of hydrogen-bond acceptors (Lipinski definition) is 2. The molecule has 0 aliphatic heterocycles. The fourth-order valence-electron chi connectivity index (χ4n) is 1.69. The molecule has 0 unspecified atom stereocenters. The van der Waals surface area contributed by atoms with Gasteiger partial charge in [-0.3, -0.25) is 0 Å². The summed E-state index contributed by atoms with van der Waals surface area (Å²) in [5.74, 6) is 1.86. The zero-order chi connectivity index (χ0) is 12.3. The van der Waals surface area contributed by atoms with Crippen LogP contribution in [0.2, 0.25) is 0 Å². The minimum absolute atomic E-state index is 0.503. The van der Waals surface area contributed by atoms with Gasteiger partial charge in [0.15, 0.2) is 0 Å². The van der Waals surface area contributed by atoms with Gasteiger partial charge in [0.1, 0.15) is 18.2 Å². The van der Waals surface area contributed by atoms with Gasteiger partial charge in [-0.25, -0.2) is 4.98 Å². The standard InChI is InChI=1S/C13H15BrN2O/c1-3-16-7-6-15-13(16)9-17-12-5-4-11(14)8-10(12)2/h4-8H,3,9H2,1-2H3. The third-order valence-corrected chi connectivity index (χ3v) is 3.13. The normalized spacial score (nSPS) is 10.5. The lowest BCUT2D eigenvalue weighted by atomic mass is 10.2. The topological polar surface area (TPSA) is 27.1 Å². The smallest absolute Gasteiger partial charge is 0.146 e. The first kappa shape index (κ1) is 12.2. The van der Waals surface area contributed by atoms with E-state index < -0.39 is 0 Å². The number of nitrogens with zero attached hydrogens (tertiary/aromatic N) is 2. The lowest BCUT2D eigenvalue weighted by Crippen LogP contribution is -2.05. The van der Waals surface area contributed by atoms with Gasteiger partial charge in [0.25, 0.3) is 0 Å². The van der Waals surface area contributed by atoms with Gasteiger partial charge in [0, 0.05) is 23.4 Å². The molecule has 4 heteroatoms. The fraction of sp³-hybridized carbons (Fsp3) is 0.308. The van der Waals surface area contributed by atoms with Gasteiger partial charge in [-0.2, -0.15) is 0 Å². The van der Waals surface area contributed by atoms with E-state index >= 15 is 0 Å². The van der Waals surface area contributed by atoms with E-state index in [4.69, 9.17) is 4.74 Å². The zero-order valence-corrected chi connectivity index (χ0v) is 11.6. The molecular weight excluding hydrogens is 280 g/mol. The molecule has 0 bridgehead atoms. The van der Waals surface area contributed by atoms with E-state index in [-0.39, 0.29) is 0 Å². The van der Waals surface area contributed by atoms with Gasteiger partial charge in [-0.15, -0.1) is 0 Å². The van der Waals surface area contributed by atoms with Crippen LogP contribution in [0.1, 0.15) is 18.3 Å². The molecule has 0 saturated carbocycles. The molecule has 17 heavy (non-hydrogen) atoms. The van der Waals surface area contributed by atoms with Crippen LogP contribution in [0.25, 0.3) is 0 Å². The second kappa shape index (κ2) is 5.36. The maximum Gasteiger partial charge on any atom is 0.146 e. The molecule has 1 heterocycles. The maximum absolute atomic E-state index is 5.77. The number of ether oxygens (including phenoxy) is 1. The minimum atomic E-state index is 0.503. The molecule has 1 aromatic heterocycles. The Kier molecular flexibility index (Phi) is 3.84. The lowest BCUT2D eigenvalue weighted by Gasteiger charge is -2.10. The number of halogens is 1. The molecule has 0 fully saturated rings. The number of aryl methyl sites for hydroxylation is 2. The van der Waals surface area contributed by atoms with Crippen molar-refractivity contribution in [2.75, 3.05) is 0 Å². The van der Waals surface area contributed by atoms with Crippen molar-refractivity contribution in [1.82, 2.24) is 9.55 Å². The molecular formula is C13H15BrN2O. The van der Waals surface area contributed by atoms with E-state index in [1.807, 2.05) is 31.3 Å². The van der Waals surface area contributed by atoms with Gasteiger partial charge < -0.3 is 9.30 Å². The highest BCUT2D eigenvalue weighted by molar-refractivity contribution is 9.10. The number of hydrogen-bond donors (Lipinski definition) is 0. The van der Waals surface area contributed by atoms with Crippen molar-refractivity contribution in [3.63, 3.8) is 0 Å². The summed E-state index contributed by atoms with van der Waals surface area (Å²) in [5.41, 5.74) is 1.12. The van der Waals surface area contributed by atoms with Crippen LogP contribution in [0.15, 0.2) is 35.1 Å². The second-order valence-corrected chi connectivity index (χ2v) is 4.74. The zero-order valence-electron chi connectivity index (χ0n) is 9.98. The SMILES string of the molecule is CCn1ccnc1COc1ccc(Br)cc1C. The Balaban J connectivity index is 2.07. The second-order valence-electron chi connectivity index (χ2n) is 3.83. The Morgan fingerprint density at radius 3 is 2.94 bits per heavy atom. The van der Waals surface area contributed by atoms with Crippen molar-refractivity contribution in [1.29, 1.82) is 0 Å². The molecule has 0 radical (unpaired) electrons. The van der Waals surface area contributed by atoms with E-state index in [2.05, 4.69) is 32.4 Å². The number of benzene rings is 1. The highest BCUT2D eigenvalue weighted by Gasteiger charge is 2.04. The van der Waals surface area contributed by atoms with Crippen molar-refractivity contribution >= 4 is 15.9 Å². The third kappa shape index (κ3) is 2.88. The molecule has 0 aliphatic carbocycles. The molecule has 0 atom stereocenters. The van der Waals surface area contributed by atoms with E-state index in [0.29, 0.717) is 6.61 Å². The molecule has 2 aromatic rings. The van der Waals surface area contributed by atoms with Crippen molar-refractivity contribution in [2.24, 2.45) is 0 Å². The van der Waals surface area contributed by atoms with Gasteiger partial charge in [0.05, 0.1) is 0 Å². The maximum atomic E-state index is 5.77. The highest BCUT2D eigenvalue weighted by atomic mass is 79.9. The Hall–Kier alpha value is -1.29. The molecule has 0 amide bonds. The first-order valence-electron chi connectivity index (χ1n) is 5.59. The quantitative estimate of drug-likeness (QED) is 0.862. The summed E-state index contributed by atoms with van der Waals surface area (Å²) in [7, 11) is 0. The van der Waals surface area contributed by atoms with E-state index in [1.54, 1.807) is 6.20 Å². The van der Waals surface area contributed by atoms with Crippen LogP contribution in [0.3, 0.4) is 0 Å². The van der Waals surface area contributed by atoms with Crippen LogP contribution in [0.5, 0.6) is 5.75 Å². The highest BCUT2D eigenvalue weighted by Crippen LogP contribution is 2.22. The molecule has 90 valence electrons. The van der Waals surface area contributed by atoms with Gasteiger partial charge in [0.2, 0.25) is 0 Å². The van der Waals surface area contributed by atoms with Crippen LogP contribution in [-0.4, -0.2) is 9.55 Å². The molecule has 0 aliphatic rings. The molecule has 1 aromatic carbocycles. The first-order valence-corrected chi connectivity index (χ1v) is 6.39. The lowest BCUT2D eigenvalue weighted by molar-refractivity contribution is 0.288. The van der Waals surface area contributed by atoms with Crippen LogP contribution < -0.4 is 4.74 Å². The fourth-order valence-corrected chi connectivity index (χ4v) is 2.16. The monoisotopic (exact) mass is 294 g/mol. The summed E-state index contributed by atoms with van der Waals surface area (Å²) in [5, 5.41) is 0. The Morgan fingerprint density at radius 1 is 1.41 bits per heavy atom. The van der Waals surface area contributed by atoms with Crippen molar-refractivity contribution in [2.45, 2.75) is 27.0 Å². The predicted octanol–water partition coefficient (Wildman–Crippen LogP) is 3.55. The molecule has 2 rings (SSSR count). The summed E-state index contributed by atoms with van der Waals surface area (Å²) < 4.78 is 8.92. The average molecular weight is 295 g/mol. The van der Waals surface area contributed by atoms with E-state index in [9.17, 15) is 0 Å². The van der Waals surface area contributed by atoms with Gasteiger partial charge in [-0.1, -0.05) is 15.9 Å². The predicted molar refractivity (Wildman–Crippen MR) is 71.1 cm³/mol. The van der Waals surface area contributed by atoms with E-state index in [0.717, 1.165) is 28.2 Å². The van der Waals surface area contributed by atoms with Crippen LogP contribution in [0.4, 0.5) is 0 Å². The number of aromatic nitrogens is 2. The Labute approximate surface area is 110 Å². The average Bonchev–Trinajstić information content (AvgIpc) is 2.75. The summed E-state index contributed by atoms with van der Waals surface area (Å²) >= 11 is 3.44. The molecule has 3 nitrogen and oxygen atoms in total. The minimum Gasteiger partial charge on any atom is -0.485 e. The summed E-state index contributed by atoms with van der Waals surface area (Å²) in [6.07, 6.45) is 3.77. The van der Waals surface area contributed by atoms with Gasteiger partial charge in [-0.05, 0) is 37.6 Å².